The van der Waals surface area contributed by atoms with E-state index in [1.807, 2.05) is 14.2 Å². The standard InChI is InChI=1S/C30H54O5Si/c1-26(2,3)36(10,11)35-22-13-12-20-23-21(15-16-28(20,22)6)29(7)17-14-19(31-8)18-30(29,32-9)25-24(23)33-27(4,5)34-25/h19-25H,12-18H2,1-11H3/t19-,20?,21?,22-,23?,24+,25-,28-,29+,30?/m0/s1. The second-order valence-corrected chi connectivity index (χ2v) is 20.2. The predicted molar refractivity (Wildman–Crippen MR) is 145 cm³/mol. The van der Waals surface area contributed by atoms with E-state index in [4.69, 9.17) is 23.4 Å². The molecule has 0 aromatic carbocycles. The van der Waals surface area contributed by atoms with Crippen molar-refractivity contribution in [3.63, 3.8) is 0 Å². The third kappa shape index (κ3) is 3.71. The molecule has 4 saturated carbocycles. The van der Waals surface area contributed by atoms with Crippen molar-refractivity contribution in [2.75, 3.05) is 14.2 Å². The molecule has 0 radical (unpaired) electrons. The van der Waals surface area contributed by atoms with Crippen LogP contribution in [-0.2, 0) is 23.4 Å². The lowest BCUT2D eigenvalue weighted by molar-refractivity contribution is -0.287. The summed E-state index contributed by atoms with van der Waals surface area (Å²) in [4.78, 5) is 0. The molecule has 36 heavy (non-hydrogen) atoms. The van der Waals surface area contributed by atoms with Crippen molar-refractivity contribution in [2.45, 2.75) is 147 Å². The Bertz CT molecular complexity index is 853. The van der Waals surface area contributed by atoms with Gasteiger partial charge in [0.05, 0.1) is 18.3 Å². The minimum absolute atomic E-state index is 0.0477. The second-order valence-electron chi connectivity index (χ2n) is 15.4. The van der Waals surface area contributed by atoms with E-state index in [0.29, 0.717) is 23.9 Å². The van der Waals surface area contributed by atoms with E-state index >= 15 is 0 Å². The fraction of sp³-hybridized carbons (Fsp3) is 1.00. The van der Waals surface area contributed by atoms with Crippen LogP contribution in [0.4, 0.5) is 0 Å². The average Bonchev–Trinajstić information content (AvgIpc) is 3.28. The summed E-state index contributed by atoms with van der Waals surface area (Å²) < 4.78 is 33.5. The Morgan fingerprint density at radius 1 is 0.861 bits per heavy atom. The molecule has 1 heterocycles. The van der Waals surface area contributed by atoms with Crippen molar-refractivity contribution in [3.8, 4) is 0 Å². The SMILES string of the molecule is CO[C@H]1CC[C@]2(C)C3CC[C@@]4(C)C(CC[C@@H]4O[Si](C)(C)C(C)(C)C)C3[C@H]3OC(C)(C)O[C@@H]3C2(OC)C1. The zero-order chi connectivity index (χ0) is 26.5. The molecule has 10 atom stereocenters. The normalized spacial score (nSPS) is 50.2. The Hall–Kier alpha value is 0.0169. The molecular formula is C30H54O5Si. The van der Waals surface area contributed by atoms with E-state index in [0.717, 1.165) is 19.3 Å². The lowest BCUT2D eigenvalue weighted by Gasteiger charge is -2.67. The molecule has 208 valence electrons. The van der Waals surface area contributed by atoms with Gasteiger partial charge >= 0.3 is 0 Å². The maximum absolute atomic E-state index is 7.19. The molecule has 5 fully saturated rings. The Morgan fingerprint density at radius 3 is 2.17 bits per heavy atom. The van der Waals surface area contributed by atoms with Gasteiger partial charge in [0.2, 0.25) is 0 Å². The number of ether oxygens (including phenoxy) is 4. The van der Waals surface area contributed by atoms with Gasteiger partial charge in [-0.3, -0.25) is 0 Å². The van der Waals surface area contributed by atoms with Crippen LogP contribution in [0.3, 0.4) is 0 Å². The van der Waals surface area contributed by atoms with Gasteiger partial charge in [-0.25, -0.2) is 0 Å². The van der Waals surface area contributed by atoms with Gasteiger partial charge in [-0.1, -0.05) is 34.6 Å². The zero-order valence-electron chi connectivity index (χ0n) is 25.0. The van der Waals surface area contributed by atoms with Gasteiger partial charge in [0, 0.05) is 26.1 Å². The topological polar surface area (TPSA) is 46.2 Å². The summed E-state index contributed by atoms with van der Waals surface area (Å²) in [5.41, 5.74) is -0.133. The fourth-order valence-electron chi connectivity index (χ4n) is 9.43. The molecule has 5 nitrogen and oxygen atoms in total. The number of hydrogen-bond acceptors (Lipinski definition) is 5. The summed E-state index contributed by atoms with van der Waals surface area (Å²) in [6, 6.07) is 0. The number of methoxy groups -OCH3 is 2. The van der Waals surface area contributed by atoms with Crippen LogP contribution in [0.1, 0.15) is 93.4 Å². The number of rotatable bonds is 4. The smallest absolute Gasteiger partial charge is 0.192 e. The summed E-state index contributed by atoms with van der Waals surface area (Å²) >= 11 is 0. The number of hydrogen-bond donors (Lipinski definition) is 0. The van der Waals surface area contributed by atoms with Crippen LogP contribution >= 0.6 is 0 Å². The van der Waals surface area contributed by atoms with Gasteiger partial charge in [0.15, 0.2) is 14.1 Å². The largest absolute Gasteiger partial charge is 0.413 e. The maximum Gasteiger partial charge on any atom is 0.192 e. The molecule has 1 saturated heterocycles. The minimum Gasteiger partial charge on any atom is -0.413 e. The molecule has 4 aliphatic carbocycles. The Balaban J connectivity index is 1.54. The molecule has 6 heteroatoms. The van der Waals surface area contributed by atoms with Crippen LogP contribution in [0.25, 0.3) is 0 Å². The summed E-state index contributed by atoms with van der Waals surface area (Å²) in [7, 11) is 1.91. The highest BCUT2D eigenvalue weighted by molar-refractivity contribution is 6.74. The highest BCUT2D eigenvalue weighted by Crippen LogP contribution is 2.70. The molecule has 1 aliphatic heterocycles. The molecule has 0 amide bonds. The van der Waals surface area contributed by atoms with Crippen LogP contribution in [0.2, 0.25) is 18.1 Å². The molecule has 0 N–H and O–H groups in total. The first-order chi connectivity index (χ1) is 16.6. The first-order valence-corrected chi connectivity index (χ1v) is 17.6. The molecule has 5 aliphatic rings. The highest BCUT2D eigenvalue weighted by Gasteiger charge is 2.74. The molecule has 0 aromatic rings. The quantitative estimate of drug-likeness (QED) is 0.374. The van der Waals surface area contributed by atoms with E-state index in [9.17, 15) is 0 Å². The Labute approximate surface area is 221 Å². The fourth-order valence-corrected chi connectivity index (χ4v) is 10.9. The van der Waals surface area contributed by atoms with Crippen molar-refractivity contribution in [3.05, 3.63) is 0 Å². The molecule has 0 spiro atoms. The first kappa shape index (κ1) is 27.6. The van der Waals surface area contributed by atoms with E-state index in [1.54, 1.807) is 0 Å². The third-order valence-electron chi connectivity index (χ3n) is 12.5. The van der Waals surface area contributed by atoms with E-state index < -0.39 is 14.1 Å². The molecule has 4 unspecified atom stereocenters. The lowest BCUT2D eigenvalue weighted by atomic mass is 9.42. The van der Waals surface area contributed by atoms with E-state index in [-0.39, 0.29) is 39.8 Å². The molecule has 0 aromatic heterocycles. The van der Waals surface area contributed by atoms with Gasteiger partial charge in [-0.2, -0.15) is 0 Å². The first-order valence-electron chi connectivity index (χ1n) is 14.7. The Kier molecular flexibility index (Phi) is 6.52. The van der Waals surface area contributed by atoms with Gasteiger partial charge in [0.25, 0.3) is 0 Å². The second kappa shape index (κ2) is 8.51. The summed E-state index contributed by atoms with van der Waals surface area (Å²) in [6.07, 6.45) is 8.55. The van der Waals surface area contributed by atoms with Crippen LogP contribution in [0.15, 0.2) is 0 Å². The minimum atomic E-state index is -1.85. The van der Waals surface area contributed by atoms with Crippen molar-refractivity contribution in [1.29, 1.82) is 0 Å². The van der Waals surface area contributed by atoms with Crippen LogP contribution in [0, 0.1) is 28.6 Å². The number of fused-ring (bicyclic) bond motifs is 8. The van der Waals surface area contributed by atoms with Gasteiger partial charge in [0.1, 0.15) is 11.7 Å². The van der Waals surface area contributed by atoms with Gasteiger partial charge < -0.3 is 23.4 Å². The van der Waals surface area contributed by atoms with Crippen LogP contribution < -0.4 is 0 Å². The molecule has 0 bridgehead atoms. The monoisotopic (exact) mass is 522 g/mol. The van der Waals surface area contributed by atoms with Crippen molar-refractivity contribution >= 4 is 8.32 Å². The van der Waals surface area contributed by atoms with Crippen molar-refractivity contribution < 1.29 is 23.4 Å². The summed E-state index contributed by atoms with van der Waals surface area (Å²) in [5, 5.41) is 0.229. The van der Waals surface area contributed by atoms with Crippen LogP contribution in [-0.4, -0.2) is 58.3 Å². The molecule has 5 rings (SSSR count). The summed E-state index contributed by atoms with van der Waals surface area (Å²) in [5.74, 6) is 1.05. The molecular weight excluding hydrogens is 468 g/mol. The van der Waals surface area contributed by atoms with Gasteiger partial charge in [-0.15, -0.1) is 0 Å². The summed E-state index contributed by atoms with van der Waals surface area (Å²) in [6.45, 7) is 21.2. The predicted octanol–water partition coefficient (Wildman–Crippen LogP) is 6.94. The van der Waals surface area contributed by atoms with Crippen LogP contribution in [0.5, 0.6) is 0 Å². The lowest BCUT2D eigenvalue weighted by Crippen LogP contribution is -2.73. The Morgan fingerprint density at radius 2 is 1.56 bits per heavy atom. The van der Waals surface area contributed by atoms with E-state index in [2.05, 4.69) is 61.6 Å². The highest BCUT2D eigenvalue weighted by atomic mass is 28.4. The maximum atomic E-state index is 7.19. The zero-order valence-corrected chi connectivity index (χ0v) is 26.0. The van der Waals surface area contributed by atoms with E-state index in [1.165, 1.54) is 25.7 Å². The van der Waals surface area contributed by atoms with Gasteiger partial charge in [-0.05, 0) is 93.7 Å². The van der Waals surface area contributed by atoms with Crippen molar-refractivity contribution in [1.82, 2.24) is 0 Å². The third-order valence-corrected chi connectivity index (χ3v) is 16.9. The average molecular weight is 523 g/mol. The van der Waals surface area contributed by atoms with Crippen molar-refractivity contribution in [2.24, 2.45) is 28.6 Å².